The van der Waals surface area contributed by atoms with Gasteiger partial charge in [-0.25, -0.2) is 0 Å². The first-order valence-corrected chi connectivity index (χ1v) is 8.31. The number of ether oxygens (including phenoxy) is 2. The monoisotopic (exact) mass is 322 g/mol. The predicted octanol–water partition coefficient (Wildman–Crippen LogP) is 3.16. The summed E-state index contributed by atoms with van der Waals surface area (Å²) >= 11 is 0. The third-order valence-electron chi connectivity index (χ3n) is 4.33. The van der Waals surface area contributed by atoms with Gasteiger partial charge >= 0.3 is 0 Å². The van der Waals surface area contributed by atoms with Crippen LogP contribution in [0.15, 0.2) is 60.7 Å². The van der Waals surface area contributed by atoms with Crippen molar-refractivity contribution in [1.82, 2.24) is 0 Å². The lowest BCUT2D eigenvalue weighted by Gasteiger charge is -2.10. The highest BCUT2D eigenvalue weighted by Crippen LogP contribution is 2.27. The molecule has 3 nitrogen and oxygen atoms in total. The maximum absolute atomic E-state index is 5.47. The molecule has 0 bridgehead atoms. The van der Waals surface area contributed by atoms with E-state index in [1.807, 2.05) is 12.1 Å². The summed E-state index contributed by atoms with van der Waals surface area (Å²) in [4.78, 5) is 0. The van der Waals surface area contributed by atoms with Gasteiger partial charge in [0.2, 0.25) is 0 Å². The van der Waals surface area contributed by atoms with Crippen molar-refractivity contribution in [2.75, 3.05) is 20.8 Å². The fourth-order valence-corrected chi connectivity index (χ4v) is 3.04. The molecule has 3 heteroatoms. The molecule has 0 aromatic heterocycles. The predicted molar refractivity (Wildman–Crippen MR) is 97.7 cm³/mol. The molecule has 124 valence electrons. The van der Waals surface area contributed by atoms with Crippen LogP contribution in [0.5, 0.6) is 11.5 Å². The maximum Gasteiger partial charge on any atom is 0.126 e. The number of methoxy groups -OCH3 is 2. The number of rotatable bonds is 7. The van der Waals surface area contributed by atoms with Gasteiger partial charge in [-0.05, 0) is 35.2 Å². The van der Waals surface area contributed by atoms with E-state index in [2.05, 4.69) is 53.8 Å². The van der Waals surface area contributed by atoms with Gasteiger partial charge in [0.05, 0.1) is 20.8 Å². The SMILES string of the molecule is COc1cccc(CC[NH2+]Cc2ccc(OC)c3ccccc23)c1. The molecule has 0 heterocycles. The van der Waals surface area contributed by atoms with E-state index in [1.54, 1.807) is 14.2 Å². The van der Waals surface area contributed by atoms with E-state index < -0.39 is 0 Å². The van der Waals surface area contributed by atoms with E-state index in [1.165, 1.54) is 21.9 Å². The van der Waals surface area contributed by atoms with Crippen LogP contribution >= 0.6 is 0 Å². The number of nitrogens with two attached hydrogens (primary N) is 1. The first-order chi connectivity index (χ1) is 11.8. The van der Waals surface area contributed by atoms with E-state index in [9.17, 15) is 0 Å². The zero-order valence-corrected chi connectivity index (χ0v) is 14.3. The average molecular weight is 322 g/mol. The van der Waals surface area contributed by atoms with Crippen LogP contribution in [0.2, 0.25) is 0 Å². The molecule has 0 radical (unpaired) electrons. The van der Waals surface area contributed by atoms with Crippen LogP contribution in [-0.2, 0) is 13.0 Å². The van der Waals surface area contributed by atoms with Gasteiger partial charge in [0.25, 0.3) is 0 Å². The Hall–Kier alpha value is -2.52. The second-order valence-corrected chi connectivity index (χ2v) is 5.86. The highest BCUT2D eigenvalue weighted by atomic mass is 16.5. The first-order valence-electron chi connectivity index (χ1n) is 8.31. The van der Waals surface area contributed by atoms with Crippen molar-refractivity contribution in [2.45, 2.75) is 13.0 Å². The van der Waals surface area contributed by atoms with Crippen molar-refractivity contribution in [3.05, 3.63) is 71.8 Å². The quantitative estimate of drug-likeness (QED) is 0.678. The van der Waals surface area contributed by atoms with Crippen LogP contribution < -0.4 is 14.8 Å². The van der Waals surface area contributed by atoms with Gasteiger partial charge in [0.15, 0.2) is 0 Å². The molecule has 24 heavy (non-hydrogen) atoms. The fourth-order valence-electron chi connectivity index (χ4n) is 3.04. The molecule has 0 aliphatic heterocycles. The summed E-state index contributed by atoms with van der Waals surface area (Å²) in [7, 11) is 3.43. The maximum atomic E-state index is 5.47. The van der Waals surface area contributed by atoms with Crippen LogP contribution in [0.1, 0.15) is 11.1 Å². The van der Waals surface area contributed by atoms with Crippen LogP contribution in [0.25, 0.3) is 10.8 Å². The van der Waals surface area contributed by atoms with Crippen molar-refractivity contribution in [1.29, 1.82) is 0 Å². The zero-order valence-electron chi connectivity index (χ0n) is 14.3. The molecule has 0 unspecified atom stereocenters. The third-order valence-corrected chi connectivity index (χ3v) is 4.33. The van der Waals surface area contributed by atoms with Crippen molar-refractivity contribution >= 4 is 10.8 Å². The summed E-state index contributed by atoms with van der Waals surface area (Å²) in [5.41, 5.74) is 2.65. The zero-order chi connectivity index (χ0) is 16.8. The molecule has 0 atom stereocenters. The Morgan fingerprint density at radius 3 is 2.46 bits per heavy atom. The Balaban J connectivity index is 1.64. The topological polar surface area (TPSA) is 35.1 Å². The van der Waals surface area contributed by atoms with Crippen LogP contribution in [0, 0.1) is 0 Å². The van der Waals surface area contributed by atoms with Gasteiger partial charge in [-0.1, -0.05) is 36.4 Å². The van der Waals surface area contributed by atoms with Crippen molar-refractivity contribution in [2.24, 2.45) is 0 Å². The van der Waals surface area contributed by atoms with E-state index in [0.717, 1.165) is 31.0 Å². The van der Waals surface area contributed by atoms with Gasteiger partial charge in [0, 0.05) is 17.4 Å². The lowest BCUT2D eigenvalue weighted by atomic mass is 10.0. The summed E-state index contributed by atoms with van der Waals surface area (Å²) in [6.45, 7) is 2.02. The molecule has 0 saturated carbocycles. The van der Waals surface area contributed by atoms with Crippen molar-refractivity contribution < 1.29 is 14.8 Å². The molecule has 0 fully saturated rings. The summed E-state index contributed by atoms with van der Waals surface area (Å²) in [6, 6.07) is 21.0. The van der Waals surface area contributed by atoms with Crippen LogP contribution in [0.4, 0.5) is 0 Å². The summed E-state index contributed by atoms with van der Waals surface area (Å²) < 4.78 is 10.7. The Labute approximate surface area is 143 Å². The van der Waals surface area contributed by atoms with E-state index in [4.69, 9.17) is 9.47 Å². The van der Waals surface area contributed by atoms with Gasteiger partial charge in [-0.3, -0.25) is 0 Å². The van der Waals surface area contributed by atoms with Gasteiger partial charge < -0.3 is 14.8 Å². The molecule has 0 spiro atoms. The smallest absolute Gasteiger partial charge is 0.126 e. The lowest BCUT2D eigenvalue weighted by Crippen LogP contribution is -2.83. The minimum atomic E-state index is 0.925. The van der Waals surface area contributed by atoms with Gasteiger partial charge in [-0.15, -0.1) is 0 Å². The first kappa shape index (κ1) is 16.3. The average Bonchev–Trinajstić information content (AvgIpc) is 2.65. The molecule has 3 rings (SSSR count). The molecule has 3 aromatic rings. The largest absolute Gasteiger partial charge is 0.497 e. The lowest BCUT2D eigenvalue weighted by molar-refractivity contribution is -0.669. The minimum absolute atomic E-state index is 0.925. The summed E-state index contributed by atoms with van der Waals surface area (Å²) in [5, 5.41) is 4.81. The summed E-state index contributed by atoms with van der Waals surface area (Å²) in [5.74, 6) is 1.86. The normalized spacial score (nSPS) is 10.8. The Kier molecular flexibility index (Phi) is 5.34. The Morgan fingerprint density at radius 1 is 0.833 bits per heavy atom. The van der Waals surface area contributed by atoms with Crippen LogP contribution in [0.3, 0.4) is 0 Å². The van der Waals surface area contributed by atoms with Gasteiger partial charge in [-0.2, -0.15) is 0 Å². The molecular weight excluding hydrogens is 298 g/mol. The second-order valence-electron chi connectivity index (χ2n) is 5.86. The molecule has 0 aliphatic carbocycles. The van der Waals surface area contributed by atoms with Crippen molar-refractivity contribution in [3.8, 4) is 11.5 Å². The number of benzene rings is 3. The Bertz CT molecular complexity index is 814. The van der Waals surface area contributed by atoms with Gasteiger partial charge in [0.1, 0.15) is 18.0 Å². The van der Waals surface area contributed by atoms with E-state index in [0.29, 0.717) is 0 Å². The van der Waals surface area contributed by atoms with Crippen LogP contribution in [-0.4, -0.2) is 20.8 Å². The Morgan fingerprint density at radius 2 is 1.67 bits per heavy atom. The molecule has 0 amide bonds. The molecule has 0 saturated heterocycles. The van der Waals surface area contributed by atoms with Crippen molar-refractivity contribution in [3.63, 3.8) is 0 Å². The third kappa shape index (κ3) is 3.69. The number of hydrogen-bond donors (Lipinski definition) is 1. The summed E-state index contributed by atoms with van der Waals surface area (Å²) in [6.07, 6.45) is 1.03. The molecule has 0 aliphatic rings. The highest BCUT2D eigenvalue weighted by Gasteiger charge is 2.07. The number of fused-ring (bicyclic) bond motifs is 1. The number of quaternary nitrogens is 1. The van der Waals surface area contributed by atoms with E-state index >= 15 is 0 Å². The minimum Gasteiger partial charge on any atom is -0.497 e. The molecule has 3 aromatic carbocycles. The van der Waals surface area contributed by atoms with E-state index in [-0.39, 0.29) is 0 Å². The molecular formula is C21H24NO2+. The number of hydrogen-bond acceptors (Lipinski definition) is 2. The standard InChI is InChI=1S/C21H23NO2/c1-23-18-7-5-6-16(14-18)12-13-22-15-17-10-11-21(24-2)20-9-4-3-8-19(17)20/h3-11,14,22H,12-13,15H2,1-2H3/p+1. The molecule has 2 N–H and O–H groups in total. The highest BCUT2D eigenvalue weighted by molar-refractivity contribution is 5.90. The fraction of sp³-hybridized carbons (Fsp3) is 0.238. The second kappa shape index (κ2) is 7.84.